The topological polar surface area (TPSA) is 45.5 Å². The van der Waals surface area contributed by atoms with E-state index in [2.05, 4.69) is 30.2 Å². The Morgan fingerprint density at radius 1 is 1.21 bits per heavy atom. The summed E-state index contributed by atoms with van der Waals surface area (Å²) >= 11 is 0. The number of benzene rings is 1. The van der Waals surface area contributed by atoms with E-state index in [1.165, 1.54) is 42.7 Å². The Balaban J connectivity index is 2.11. The highest BCUT2D eigenvalue weighted by Gasteiger charge is 2.21. The van der Waals surface area contributed by atoms with Gasteiger partial charge < -0.3 is 14.6 Å². The molecule has 2 heterocycles. The minimum absolute atomic E-state index is 0.363. The van der Waals surface area contributed by atoms with Crippen molar-refractivity contribution in [1.82, 2.24) is 9.47 Å². The molecule has 0 amide bonds. The van der Waals surface area contributed by atoms with Crippen LogP contribution in [0.25, 0.3) is 10.9 Å². The van der Waals surface area contributed by atoms with E-state index >= 15 is 0 Å². The summed E-state index contributed by atoms with van der Waals surface area (Å²) in [6.07, 6.45) is 3.59. The lowest BCUT2D eigenvalue weighted by Crippen LogP contribution is -2.22. The van der Waals surface area contributed by atoms with Crippen LogP contribution in [0.15, 0.2) is 12.1 Å². The van der Waals surface area contributed by atoms with Crippen molar-refractivity contribution in [2.75, 3.05) is 19.6 Å². The van der Waals surface area contributed by atoms with Gasteiger partial charge in [0.25, 0.3) is 0 Å². The van der Waals surface area contributed by atoms with Crippen LogP contribution in [0.2, 0.25) is 0 Å². The molecule has 1 fully saturated rings. The second kappa shape index (κ2) is 6.60. The third kappa shape index (κ3) is 2.95. The van der Waals surface area contributed by atoms with E-state index in [4.69, 9.17) is 0 Å². The molecule has 0 radical (unpaired) electrons. The van der Waals surface area contributed by atoms with Crippen molar-refractivity contribution in [2.45, 2.75) is 53.0 Å². The number of aromatic nitrogens is 1. The lowest BCUT2D eigenvalue weighted by Gasteiger charge is -2.15. The third-order valence-corrected chi connectivity index (χ3v) is 5.30. The largest absolute Gasteiger partial charge is 0.478 e. The second-order valence-electron chi connectivity index (χ2n) is 7.32. The maximum atomic E-state index is 11.5. The Kier molecular flexibility index (Phi) is 4.68. The fourth-order valence-electron chi connectivity index (χ4n) is 4.20. The third-order valence-electron chi connectivity index (χ3n) is 5.30. The molecule has 1 aromatic carbocycles. The van der Waals surface area contributed by atoms with Crippen LogP contribution in [-0.4, -0.2) is 40.2 Å². The zero-order valence-electron chi connectivity index (χ0n) is 15.2. The summed E-state index contributed by atoms with van der Waals surface area (Å²) in [6.45, 7) is 12.1. The normalized spacial score (nSPS) is 15.7. The number of aromatic carboxylic acids is 1. The van der Waals surface area contributed by atoms with Crippen LogP contribution in [-0.2, 0) is 6.42 Å². The SMILES string of the molecule is Cc1cc(C(=O)O)cc2c(CCN3CCCC3)c(C)n(C(C)C)c12. The summed E-state index contributed by atoms with van der Waals surface area (Å²) in [7, 11) is 0. The molecule has 4 nitrogen and oxygen atoms in total. The molecule has 0 spiro atoms. The van der Waals surface area contributed by atoms with Gasteiger partial charge in [-0.3, -0.25) is 0 Å². The number of rotatable bonds is 5. The van der Waals surface area contributed by atoms with Crippen molar-refractivity contribution in [3.05, 3.63) is 34.5 Å². The molecule has 1 aliphatic rings. The Labute approximate surface area is 144 Å². The summed E-state index contributed by atoms with van der Waals surface area (Å²) < 4.78 is 2.37. The summed E-state index contributed by atoms with van der Waals surface area (Å²) in [5.41, 5.74) is 5.24. The average Bonchev–Trinajstić information content (AvgIpc) is 3.11. The molecule has 130 valence electrons. The lowest BCUT2D eigenvalue weighted by molar-refractivity contribution is 0.0697. The van der Waals surface area contributed by atoms with Crippen molar-refractivity contribution < 1.29 is 9.90 Å². The van der Waals surface area contributed by atoms with Gasteiger partial charge in [0.2, 0.25) is 0 Å². The number of hydrogen-bond donors (Lipinski definition) is 1. The number of carboxylic acid groups (broad SMARTS) is 1. The summed E-state index contributed by atoms with van der Waals surface area (Å²) in [4.78, 5) is 14.0. The molecule has 3 rings (SSSR count). The fourth-order valence-corrected chi connectivity index (χ4v) is 4.20. The molecule has 2 aromatic rings. The van der Waals surface area contributed by atoms with Crippen LogP contribution in [0.1, 0.15) is 59.9 Å². The highest BCUT2D eigenvalue weighted by Crippen LogP contribution is 2.33. The molecule has 0 bridgehead atoms. The predicted octanol–water partition coefficient (Wildman–Crippen LogP) is 4.18. The van der Waals surface area contributed by atoms with E-state index in [0.29, 0.717) is 11.6 Å². The highest BCUT2D eigenvalue weighted by atomic mass is 16.4. The number of likely N-dealkylation sites (tertiary alicyclic amines) is 1. The van der Waals surface area contributed by atoms with E-state index in [-0.39, 0.29) is 0 Å². The molecule has 0 atom stereocenters. The van der Waals surface area contributed by atoms with Crippen molar-refractivity contribution in [1.29, 1.82) is 0 Å². The van der Waals surface area contributed by atoms with Gasteiger partial charge in [0.05, 0.1) is 11.1 Å². The zero-order valence-corrected chi connectivity index (χ0v) is 15.2. The second-order valence-corrected chi connectivity index (χ2v) is 7.32. The molecule has 0 aliphatic carbocycles. The van der Waals surface area contributed by atoms with Crippen molar-refractivity contribution >= 4 is 16.9 Å². The maximum absolute atomic E-state index is 11.5. The number of aryl methyl sites for hydroxylation is 1. The van der Waals surface area contributed by atoms with Crippen LogP contribution < -0.4 is 0 Å². The minimum atomic E-state index is -0.847. The number of carboxylic acids is 1. The van der Waals surface area contributed by atoms with E-state index in [0.717, 1.165) is 23.9 Å². The van der Waals surface area contributed by atoms with Crippen LogP contribution >= 0.6 is 0 Å². The van der Waals surface area contributed by atoms with Crippen molar-refractivity contribution in [2.24, 2.45) is 0 Å². The quantitative estimate of drug-likeness (QED) is 0.896. The molecular weight excluding hydrogens is 300 g/mol. The number of nitrogens with zero attached hydrogens (tertiary/aromatic N) is 2. The highest BCUT2D eigenvalue weighted by molar-refractivity contribution is 5.97. The summed E-state index contributed by atoms with van der Waals surface area (Å²) in [5.74, 6) is -0.847. The number of carbonyl (C=O) groups is 1. The number of fused-ring (bicyclic) bond motifs is 1. The maximum Gasteiger partial charge on any atom is 0.335 e. The molecule has 0 saturated carbocycles. The molecule has 0 unspecified atom stereocenters. The Bertz CT molecular complexity index is 768. The van der Waals surface area contributed by atoms with E-state index in [1.807, 2.05) is 13.0 Å². The first-order chi connectivity index (χ1) is 11.4. The molecule has 24 heavy (non-hydrogen) atoms. The predicted molar refractivity (Wildman–Crippen MR) is 98.1 cm³/mol. The molecule has 1 saturated heterocycles. The van der Waals surface area contributed by atoms with E-state index < -0.39 is 5.97 Å². The van der Waals surface area contributed by atoms with Gasteiger partial charge in [-0.25, -0.2) is 4.79 Å². The smallest absolute Gasteiger partial charge is 0.335 e. The van der Waals surface area contributed by atoms with Gasteiger partial charge in [-0.05, 0) is 83.3 Å². The minimum Gasteiger partial charge on any atom is -0.478 e. The van der Waals surface area contributed by atoms with Crippen LogP contribution in [0, 0.1) is 13.8 Å². The van der Waals surface area contributed by atoms with Crippen molar-refractivity contribution in [3.63, 3.8) is 0 Å². The van der Waals surface area contributed by atoms with Gasteiger partial charge in [0.15, 0.2) is 0 Å². The number of hydrogen-bond acceptors (Lipinski definition) is 2. The summed E-state index contributed by atoms with van der Waals surface area (Å²) in [5, 5.41) is 10.6. The lowest BCUT2D eigenvalue weighted by atomic mass is 10.0. The molecule has 1 N–H and O–H groups in total. The fraction of sp³-hybridized carbons (Fsp3) is 0.550. The van der Waals surface area contributed by atoms with E-state index in [9.17, 15) is 9.90 Å². The first kappa shape index (κ1) is 17.0. The standard InChI is InChI=1S/C20H28N2O2/c1-13(2)22-15(4)17(7-10-21-8-5-6-9-21)18-12-16(20(23)24)11-14(3)19(18)22/h11-13H,5-10H2,1-4H3,(H,23,24). The van der Waals surface area contributed by atoms with Gasteiger partial charge >= 0.3 is 5.97 Å². The monoisotopic (exact) mass is 328 g/mol. The van der Waals surface area contributed by atoms with Gasteiger partial charge in [-0.2, -0.15) is 0 Å². The Hall–Kier alpha value is -1.81. The van der Waals surface area contributed by atoms with Gasteiger partial charge in [0.1, 0.15) is 0 Å². The summed E-state index contributed by atoms with van der Waals surface area (Å²) in [6, 6.07) is 4.03. The van der Waals surface area contributed by atoms with Gasteiger partial charge in [-0.15, -0.1) is 0 Å². The molecule has 1 aromatic heterocycles. The Morgan fingerprint density at radius 3 is 2.46 bits per heavy atom. The zero-order chi connectivity index (χ0) is 17.4. The van der Waals surface area contributed by atoms with Crippen LogP contribution in [0.5, 0.6) is 0 Å². The van der Waals surface area contributed by atoms with Crippen molar-refractivity contribution in [3.8, 4) is 0 Å². The Morgan fingerprint density at radius 2 is 1.88 bits per heavy atom. The molecule has 4 heteroatoms. The average molecular weight is 328 g/mol. The first-order valence-electron chi connectivity index (χ1n) is 8.99. The van der Waals surface area contributed by atoms with E-state index in [1.54, 1.807) is 6.07 Å². The van der Waals surface area contributed by atoms with Gasteiger partial charge in [-0.1, -0.05) is 0 Å². The molecule has 1 aliphatic heterocycles. The van der Waals surface area contributed by atoms with Crippen LogP contribution in [0.4, 0.5) is 0 Å². The van der Waals surface area contributed by atoms with Gasteiger partial charge in [0, 0.05) is 23.7 Å². The van der Waals surface area contributed by atoms with Crippen LogP contribution in [0.3, 0.4) is 0 Å². The first-order valence-corrected chi connectivity index (χ1v) is 8.99. The molecular formula is C20H28N2O2.